The number of hydrogen-bond donors (Lipinski definition) is 0. The highest BCUT2D eigenvalue weighted by Gasteiger charge is 2.40. The Morgan fingerprint density at radius 3 is 2.03 bits per heavy atom. The van der Waals surface area contributed by atoms with E-state index in [-0.39, 0.29) is 11.9 Å². The van der Waals surface area contributed by atoms with E-state index in [2.05, 4.69) is 29.2 Å². The van der Waals surface area contributed by atoms with Crippen molar-refractivity contribution < 1.29 is 19.1 Å². The summed E-state index contributed by atoms with van der Waals surface area (Å²) < 4.78 is 10.1. The highest BCUT2D eigenvalue weighted by atomic mass is 16.5. The van der Waals surface area contributed by atoms with Gasteiger partial charge in [0, 0.05) is 19.6 Å². The third-order valence-corrected chi connectivity index (χ3v) is 5.57. The lowest BCUT2D eigenvalue weighted by Crippen LogP contribution is -2.52. The normalized spacial score (nSPS) is 17.6. The van der Waals surface area contributed by atoms with Gasteiger partial charge in [0.25, 0.3) is 0 Å². The summed E-state index contributed by atoms with van der Waals surface area (Å²) in [5.74, 6) is -0.615. The van der Waals surface area contributed by atoms with E-state index >= 15 is 0 Å². The molecule has 0 unspecified atom stereocenters. The first-order valence-corrected chi connectivity index (χ1v) is 10.3. The van der Waals surface area contributed by atoms with E-state index in [1.54, 1.807) is 0 Å². The molecule has 30 heavy (non-hydrogen) atoms. The Bertz CT molecular complexity index is 771. The molecule has 1 aliphatic heterocycles. The molecule has 3 rings (SSSR count). The molecule has 2 aromatic carbocycles. The highest BCUT2D eigenvalue weighted by molar-refractivity contribution is 5.80. The number of carbonyl (C=O) groups excluding carboxylic acids is 2. The Labute approximate surface area is 178 Å². The molecule has 6 nitrogen and oxygen atoms in total. The summed E-state index contributed by atoms with van der Waals surface area (Å²) in [5.41, 5.74) is 2.34. The van der Waals surface area contributed by atoms with E-state index < -0.39 is 12.1 Å². The lowest BCUT2D eigenvalue weighted by Gasteiger charge is -2.34. The first kappa shape index (κ1) is 22.0. The van der Waals surface area contributed by atoms with Crippen LogP contribution in [0, 0.1) is 0 Å². The zero-order valence-corrected chi connectivity index (χ0v) is 17.7. The molecule has 0 saturated carbocycles. The molecule has 160 valence electrons. The number of rotatable bonds is 9. The van der Waals surface area contributed by atoms with Gasteiger partial charge in [0.1, 0.15) is 12.1 Å². The van der Waals surface area contributed by atoms with Crippen molar-refractivity contribution in [2.45, 2.75) is 38.0 Å². The van der Waals surface area contributed by atoms with Crippen LogP contribution in [0.1, 0.15) is 24.0 Å². The van der Waals surface area contributed by atoms with Crippen LogP contribution in [0.25, 0.3) is 0 Å². The number of methoxy groups -OCH3 is 2. The number of benzene rings is 2. The van der Waals surface area contributed by atoms with Gasteiger partial charge < -0.3 is 9.47 Å². The maximum absolute atomic E-state index is 12.8. The molecule has 0 spiro atoms. The third-order valence-electron chi connectivity index (χ3n) is 5.57. The van der Waals surface area contributed by atoms with Gasteiger partial charge in [-0.1, -0.05) is 60.7 Å². The molecule has 6 heteroatoms. The van der Waals surface area contributed by atoms with Crippen LogP contribution in [0.2, 0.25) is 0 Å². The number of ether oxygens (including phenoxy) is 2. The number of likely N-dealkylation sites (tertiary alicyclic amines) is 1. The minimum atomic E-state index is -0.533. The second-order valence-electron chi connectivity index (χ2n) is 7.60. The van der Waals surface area contributed by atoms with Gasteiger partial charge in [-0.05, 0) is 30.5 Å². The van der Waals surface area contributed by atoms with E-state index in [1.165, 1.54) is 25.3 Å². The van der Waals surface area contributed by atoms with Crippen LogP contribution in [-0.2, 0) is 32.2 Å². The lowest BCUT2D eigenvalue weighted by molar-refractivity contribution is -0.153. The maximum atomic E-state index is 12.8. The molecule has 0 amide bonds. The van der Waals surface area contributed by atoms with Gasteiger partial charge >= 0.3 is 11.9 Å². The topological polar surface area (TPSA) is 59.1 Å². The van der Waals surface area contributed by atoms with Crippen molar-refractivity contribution in [2.75, 3.05) is 27.3 Å². The van der Waals surface area contributed by atoms with Crippen molar-refractivity contribution >= 4 is 11.9 Å². The largest absolute Gasteiger partial charge is 0.468 e. The summed E-state index contributed by atoms with van der Waals surface area (Å²) >= 11 is 0. The summed E-state index contributed by atoms with van der Waals surface area (Å²) in [6, 6.07) is 19.4. The van der Waals surface area contributed by atoms with E-state index in [0.717, 1.165) is 6.42 Å². The van der Waals surface area contributed by atoms with Crippen molar-refractivity contribution in [1.82, 2.24) is 9.80 Å². The molecular weight excluding hydrogens is 380 g/mol. The first-order chi connectivity index (χ1) is 14.6. The molecule has 2 aromatic rings. The van der Waals surface area contributed by atoms with Crippen LogP contribution >= 0.6 is 0 Å². The number of esters is 2. The average Bonchev–Trinajstić information content (AvgIpc) is 3.27. The first-order valence-electron chi connectivity index (χ1n) is 10.3. The van der Waals surface area contributed by atoms with Gasteiger partial charge in [0.2, 0.25) is 0 Å². The summed E-state index contributed by atoms with van der Waals surface area (Å²) in [4.78, 5) is 29.2. The fourth-order valence-corrected chi connectivity index (χ4v) is 4.11. The quantitative estimate of drug-likeness (QED) is 0.593. The lowest BCUT2D eigenvalue weighted by atomic mass is 10.1. The van der Waals surface area contributed by atoms with Crippen molar-refractivity contribution in [2.24, 2.45) is 0 Å². The van der Waals surface area contributed by atoms with Crippen LogP contribution < -0.4 is 0 Å². The van der Waals surface area contributed by atoms with E-state index in [1.807, 2.05) is 41.3 Å². The van der Waals surface area contributed by atoms with E-state index in [4.69, 9.17) is 9.47 Å². The van der Waals surface area contributed by atoms with Gasteiger partial charge in [-0.3, -0.25) is 19.4 Å². The SMILES string of the molecule is COC(=O)[C@@H]1CCCN1[C@@H](CN(Cc1ccccc1)Cc1ccccc1)C(=O)OC. The molecule has 1 aliphatic rings. The Morgan fingerprint density at radius 1 is 0.967 bits per heavy atom. The van der Waals surface area contributed by atoms with Crippen molar-refractivity contribution in [3.8, 4) is 0 Å². The predicted octanol–water partition coefficient (Wildman–Crippen LogP) is 2.87. The summed E-state index contributed by atoms with van der Waals surface area (Å²) in [6.45, 7) is 2.52. The van der Waals surface area contributed by atoms with E-state index in [0.29, 0.717) is 32.6 Å². The molecule has 0 bridgehead atoms. The van der Waals surface area contributed by atoms with Crippen LogP contribution in [0.5, 0.6) is 0 Å². The zero-order valence-electron chi connectivity index (χ0n) is 17.7. The number of carbonyl (C=O) groups is 2. The average molecular weight is 411 g/mol. The summed E-state index contributed by atoms with van der Waals surface area (Å²) in [7, 11) is 2.79. The molecule has 2 atom stereocenters. The zero-order chi connectivity index (χ0) is 21.3. The van der Waals surface area contributed by atoms with Gasteiger partial charge in [0.15, 0.2) is 0 Å². The van der Waals surface area contributed by atoms with Gasteiger partial charge in [-0.2, -0.15) is 0 Å². The number of nitrogens with zero attached hydrogens (tertiary/aromatic N) is 2. The third kappa shape index (κ3) is 5.68. The molecule has 1 saturated heterocycles. The number of hydrogen-bond acceptors (Lipinski definition) is 6. The summed E-state index contributed by atoms with van der Waals surface area (Å²) in [5, 5.41) is 0. The second kappa shape index (κ2) is 10.9. The Hall–Kier alpha value is -2.70. The predicted molar refractivity (Wildman–Crippen MR) is 115 cm³/mol. The molecular formula is C24H30N2O4. The monoisotopic (exact) mass is 410 g/mol. The standard InChI is InChI=1S/C24H30N2O4/c1-29-23(27)21-14-9-15-26(21)22(24(28)30-2)18-25(16-19-10-5-3-6-11-19)17-20-12-7-4-8-13-20/h3-8,10-13,21-22H,9,14-18H2,1-2H3/t21-,22-/m0/s1. The van der Waals surface area contributed by atoms with Crippen molar-refractivity contribution in [3.05, 3.63) is 71.8 Å². The van der Waals surface area contributed by atoms with Crippen molar-refractivity contribution in [1.29, 1.82) is 0 Å². The maximum Gasteiger partial charge on any atom is 0.324 e. The minimum Gasteiger partial charge on any atom is -0.468 e. The smallest absolute Gasteiger partial charge is 0.324 e. The molecule has 0 aromatic heterocycles. The van der Waals surface area contributed by atoms with Gasteiger partial charge in [-0.25, -0.2) is 0 Å². The molecule has 0 N–H and O–H groups in total. The van der Waals surface area contributed by atoms with Crippen LogP contribution in [-0.4, -0.2) is 61.1 Å². The second-order valence-corrected chi connectivity index (χ2v) is 7.60. The minimum absolute atomic E-state index is 0.293. The van der Waals surface area contributed by atoms with Gasteiger partial charge in [-0.15, -0.1) is 0 Å². The molecule has 0 aliphatic carbocycles. The van der Waals surface area contributed by atoms with Gasteiger partial charge in [0.05, 0.1) is 14.2 Å². The van der Waals surface area contributed by atoms with Crippen LogP contribution in [0.4, 0.5) is 0 Å². The Balaban J connectivity index is 1.83. The molecule has 1 fully saturated rings. The highest BCUT2D eigenvalue weighted by Crippen LogP contribution is 2.23. The summed E-state index contributed by atoms with van der Waals surface area (Å²) in [6.07, 6.45) is 1.54. The Morgan fingerprint density at radius 2 is 1.53 bits per heavy atom. The molecule has 0 radical (unpaired) electrons. The van der Waals surface area contributed by atoms with E-state index in [9.17, 15) is 9.59 Å². The van der Waals surface area contributed by atoms with Crippen LogP contribution in [0.3, 0.4) is 0 Å². The van der Waals surface area contributed by atoms with Crippen molar-refractivity contribution in [3.63, 3.8) is 0 Å². The molecule has 1 heterocycles. The Kier molecular flexibility index (Phi) is 7.99. The van der Waals surface area contributed by atoms with Crippen LogP contribution in [0.15, 0.2) is 60.7 Å². The fraction of sp³-hybridized carbons (Fsp3) is 0.417. The fourth-order valence-electron chi connectivity index (χ4n) is 4.11.